The maximum Gasteiger partial charge on any atom is 0.409 e. The molecule has 0 atom stereocenters. The molecule has 3 aromatic rings. The van der Waals surface area contributed by atoms with Crippen LogP contribution in [-0.2, 0) is 17.7 Å². The molecule has 0 spiro atoms. The van der Waals surface area contributed by atoms with Crippen LogP contribution < -0.4 is 5.32 Å². The molecule has 4 rings (SSSR count). The van der Waals surface area contributed by atoms with Crippen LogP contribution in [0.3, 0.4) is 0 Å². The number of aromatic nitrogens is 2. The van der Waals surface area contributed by atoms with E-state index < -0.39 is 0 Å². The Morgan fingerprint density at radius 2 is 2.12 bits per heavy atom. The number of rotatable bonds is 2. The van der Waals surface area contributed by atoms with Gasteiger partial charge in [-0.1, -0.05) is 18.2 Å². The van der Waals surface area contributed by atoms with Crippen LogP contribution in [0, 0.1) is 0 Å². The van der Waals surface area contributed by atoms with Gasteiger partial charge >= 0.3 is 6.09 Å². The van der Waals surface area contributed by atoms with Crippen molar-refractivity contribution in [2.24, 2.45) is 0 Å². The number of aromatic amines is 1. The zero-order valence-corrected chi connectivity index (χ0v) is 14.3. The van der Waals surface area contributed by atoms with Gasteiger partial charge in [0.2, 0.25) is 0 Å². The van der Waals surface area contributed by atoms with Crippen LogP contribution in [0.5, 0.6) is 0 Å². The minimum absolute atomic E-state index is 0.203. The Bertz CT molecular complexity index is 995. The molecule has 0 aliphatic carbocycles. The number of hydrogen-bond donors (Lipinski definition) is 2. The van der Waals surface area contributed by atoms with E-state index in [2.05, 4.69) is 15.3 Å². The number of methoxy groups -OCH3 is 1. The zero-order chi connectivity index (χ0) is 18.1. The van der Waals surface area contributed by atoms with Crippen molar-refractivity contribution in [1.82, 2.24) is 14.9 Å². The monoisotopic (exact) mass is 350 g/mol. The first kappa shape index (κ1) is 16.1. The standard InChI is InChI=1S/C19H18N4O3/c1-26-19(25)23-7-6-13-12(11-23)8-20-9-15(13)18(24)22-17-10-21-16-5-3-2-4-14(16)17/h2-5,8-10,21H,6-7,11H2,1H3,(H,22,24). The fourth-order valence-corrected chi connectivity index (χ4v) is 3.34. The molecule has 0 saturated carbocycles. The molecule has 1 aromatic carbocycles. The highest BCUT2D eigenvalue weighted by molar-refractivity contribution is 6.09. The summed E-state index contributed by atoms with van der Waals surface area (Å²) in [6.07, 6.45) is 5.28. The quantitative estimate of drug-likeness (QED) is 0.744. The minimum Gasteiger partial charge on any atom is -0.453 e. The van der Waals surface area contributed by atoms with E-state index in [1.54, 1.807) is 23.5 Å². The molecule has 2 N–H and O–H groups in total. The van der Waals surface area contributed by atoms with Crippen LogP contribution in [0.1, 0.15) is 21.5 Å². The fraction of sp³-hybridized carbons (Fsp3) is 0.211. The molecule has 3 heterocycles. The second-order valence-corrected chi connectivity index (χ2v) is 6.17. The Morgan fingerprint density at radius 3 is 2.96 bits per heavy atom. The molecular weight excluding hydrogens is 332 g/mol. The summed E-state index contributed by atoms with van der Waals surface area (Å²) in [7, 11) is 1.36. The normalized spacial score (nSPS) is 13.3. The van der Waals surface area contributed by atoms with E-state index in [4.69, 9.17) is 4.74 Å². The average Bonchev–Trinajstić information content (AvgIpc) is 3.09. The number of carbonyl (C=O) groups excluding carboxylic acids is 2. The maximum atomic E-state index is 12.8. The highest BCUT2D eigenvalue weighted by Gasteiger charge is 2.25. The Kier molecular flexibility index (Phi) is 4.04. The summed E-state index contributed by atoms with van der Waals surface area (Å²) in [5.74, 6) is -0.203. The number of pyridine rings is 1. The lowest BCUT2D eigenvalue weighted by Gasteiger charge is -2.28. The third kappa shape index (κ3) is 2.77. The molecule has 2 amide bonds. The first-order valence-corrected chi connectivity index (χ1v) is 8.33. The summed E-state index contributed by atoms with van der Waals surface area (Å²) in [5.41, 5.74) is 4.03. The number of H-pyrrole nitrogens is 1. The first-order chi connectivity index (χ1) is 12.7. The van der Waals surface area contributed by atoms with Gasteiger partial charge in [0, 0.05) is 36.0 Å². The highest BCUT2D eigenvalue weighted by atomic mass is 16.5. The van der Waals surface area contributed by atoms with Gasteiger partial charge in [-0.15, -0.1) is 0 Å². The molecule has 0 radical (unpaired) electrons. The fourth-order valence-electron chi connectivity index (χ4n) is 3.34. The topological polar surface area (TPSA) is 87.3 Å². The summed E-state index contributed by atoms with van der Waals surface area (Å²) in [6.45, 7) is 0.903. The SMILES string of the molecule is COC(=O)N1CCc2c(cncc2C(=O)Nc2c[nH]c3ccccc23)C1. The number of nitrogens with zero attached hydrogens (tertiary/aromatic N) is 2. The number of ether oxygens (including phenoxy) is 1. The van der Waals surface area contributed by atoms with Crippen molar-refractivity contribution < 1.29 is 14.3 Å². The van der Waals surface area contributed by atoms with Gasteiger partial charge < -0.3 is 19.9 Å². The molecule has 7 heteroatoms. The number of amides is 2. The molecule has 1 aliphatic rings. The van der Waals surface area contributed by atoms with Gasteiger partial charge in [0.1, 0.15) is 0 Å². The zero-order valence-electron chi connectivity index (χ0n) is 14.3. The van der Waals surface area contributed by atoms with Gasteiger partial charge in [0.15, 0.2) is 0 Å². The molecule has 0 unspecified atom stereocenters. The van der Waals surface area contributed by atoms with Gasteiger partial charge in [0.05, 0.1) is 24.9 Å². The summed E-state index contributed by atoms with van der Waals surface area (Å²) < 4.78 is 4.78. The van der Waals surface area contributed by atoms with E-state index in [0.29, 0.717) is 25.1 Å². The Morgan fingerprint density at radius 1 is 1.27 bits per heavy atom. The number of nitrogens with one attached hydrogen (secondary N) is 2. The molecule has 0 bridgehead atoms. The lowest BCUT2D eigenvalue weighted by molar-refractivity contribution is 0.102. The smallest absolute Gasteiger partial charge is 0.409 e. The molecule has 0 fully saturated rings. The largest absolute Gasteiger partial charge is 0.453 e. The van der Waals surface area contributed by atoms with Gasteiger partial charge in [-0.3, -0.25) is 9.78 Å². The van der Waals surface area contributed by atoms with Crippen molar-refractivity contribution >= 4 is 28.6 Å². The average molecular weight is 350 g/mol. The number of fused-ring (bicyclic) bond motifs is 2. The van der Waals surface area contributed by atoms with Crippen LogP contribution in [0.15, 0.2) is 42.9 Å². The van der Waals surface area contributed by atoms with Gasteiger partial charge in [-0.25, -0.2) is 4.79 Å². The molecule has 7 nitrogen and oxygen atoms in total. The number of benzene rings is 1. The van der Waals surface area contributed by atoms with Crippen molar-refractivity contribution in [1.29, 1.82) is 0 Å². The first-order valence-electron chi connectivity index (χ1n) is 8.33. The number of hydrogen-bond acceptors (Lipinski definition) is 4. The van der Waals surface area contributed by atoms with Gasteiger partial charge in [0.25, 0.3) is 5.91 Å². The van der Waals surface area contributed by atoms with E-state index in [-0.39, 0.29) is 12.0 Å². The number of para-hydroxylation sites is 1. The lowest BCUT2D eigenvalue weighted by Crippen LogP contribution is -2.36. The van der Waals surface area contributed by atoms with E-state index in [9.17, 15) is 9.59 Å². The maximum absolute atomic E-state index is 12.8. The van der Waals surface area contributed by atoms with E-state index in [1.807, 2.05) is 24.3 Å². The van der Waals surface area contributed by atoms with Gasteiger partial charge in [-0.05, 0) is 23.6 Å². The number of anilines is 1. The summed E-state index contributed by atoms with van der Waals surface area (Å²) >= 11 is 0. The van der Waals surface area contributed by atoms with E-state index >= 15 is 0 Å². The Hall–Kier alpha value is -3.35. The van der Waals surface area contributed by atoms with Crippen molar-refractivity contribution in [2.45, 2.75) is 13.0 Å². The van der Waals surface area contributed by atoms with Crippen LogP contribution in [0.25, 0.3) is 10.9 Å². The molecule has 0 saturated heterocycles. The predicted molar refractivity (Wildman–Crippen MR) is 97.0 cm³/mol. The Labute approximate surface area is 150 Å². The summed E-state index contributed by atoms with van der Waals surface area (Å²) in [5, 5.41) is 3.92. The molecule has 2 aromatic heterocycles. The van der Waals surface area contributed by atoms with E-state index in [1.165, 1.54) is 7.11 Å². The van der Waals surface area contributed by atoms with Crippen molar-refractivity contribution in [3.05, 3.63) is 59.5 Å². The van der Waals surface area contributed by atoms with Crippen LogP contribution >= 0.6 is 0 Å². The van der Waals surface area contributed by atoms with Crippen molar-refractivity contribution in [2.75, 3.05) is 19.0 Å². The van der Waals surface area contributed by atoms with Crippen LogP contribution in [0.4, 0.5) is 10.5 Å². The van der Waals surface area contributed by atoms with Crippen LogP contribution in [-0.4, -0.2) is 40.5 Å². The van der Waals surface area contributed by atoms with E-state index in [0.717, 1.165) is 27.7 Å². The molecule has 26 heavy (non-hydrogen) atoms. The molecule has 132 valence electrons. The molecular formula is C19H18N4O3. The van der Waals surface area contributed by atoms with Crippen LogP contribution in [0.2, 0.25) is 0 Å². The number of carbonyl (C=O) groups is 2. The summed E-state index contributed by atoms with van der Waals surface area (Å²) in [4.78, 5) is 33.5. The third-order valence-corrected chi connectivity index (χ3v) is 4.65. The minimum atomic E-state index is -0.371. The van der Waals surface area contributed by atoms with Gasteiger partial charge in [-0.2, -0.15) is 0 Å². The highest BCUT2D eigenvalue weighted by Crippen LogP contribution is 2.26. The second kappa shape index (κ2) is 6.51. The predicted octanol–water partition coefficient (Wildman–Crippen LogP) is 2.94. The third-order valence-electron chi connectivity index (χ3n) is 4.65. The lowest BCUT2D eigenvalue weighted by atomic mass is 9.97. The van der Waals surface area contributed by atoms with Crippen molar-refractivity contribution in [3.8, 4) is 0 Å². The summed E-state index contributed by atoms with van der Waals surface area (Å²) in [6, 6.07) is 7.78. The molecule has 1 aliphatic heterocycles. The second-order valence-electron chi connectivity index (χ2n) is 6.17. The Balaban J connectivity index is 1.61. The van der Waals surface area contributed by atoms with Crippen molar-refractivity contribution in [3.63, 3.8) is 0 Å².